The van der Waals surface area contributed by atoms with Crippen molar-refractivity contribution in [3.8, 4) is 5.69 Å². The number of aromatic nitrogens is 5. The molecule has 136 valence electrons. The lowest BCUT2D eigenvalue weighted by Gasteiger charge is -2.09. The summed E-state index contributed by atoms with van der Waals surface area (Å²) < 4.78 is 3.56. The van der Waals surface area contributed by atoms with Crippen LogP contribution in [0.15, 0.2) is 43.0 Å². The Morgan fingerprint density at radius 2 is 2.07 bits per heavy atom. The lowest BCUT2D eigenvalue weighted by Crippen LogP contribution is -2.06. The zero-order valence-electron chi connectivity index (χ0n) is 14.6. The van der Waals surface area contributed by atoms with E-state index in [2.05, 4.69) is 15.3 Å². The van der Waals surface area contributed by atoms with Crippen LogP contribution in [0.3, 0.4) is 0 Å². The monoisotopic (exact) mass is 379 g/mol. The van der Waals surface area contributed by atoms with Crippen molar-refractivity contribution in [2.24, 2.45) is 0 Å². The number of hydrogen-bond donors (Lipinski definition) is 1. The largest absolute Gasteiger partial charge is 0.380 e. The molecule has 0 aliphatic heterocycles. The number of fused-ring (bicyclic) bond motifs is 1. The fraction of sp³-hybridized carbons (Fsp3) is 0.263. The summed E-state index contributed by atoms with van der Waals surface area (Å²) in [5.74, 6) is 0.541. The van der Waals surface area contributed by atoms with Gasteiger partial charge in [0.1, 0.15) is 23.0 Å². The molecule has 5 rings (SSSR count). The summed E-state index contributed by atoms with van der Waals surface area (Å²) >= 11 is 1.69. The van der Waals surface area contributed by atoms with Gasteiger partial charge in [-0.1, -0.05) is 5.21 Å². The maximum Gasteiger partial charge on any atom is 0.159 e. The maximum absolute atomic E-state index is 11.4. The number of hydrogen-bond acceptors (Lipinski definition) is 6. The third kappa shape index (κ3) is 2.77. The van der Waals surface area contributed by atoms with Crippen LogP contribution in [0.25, 0.3) is 10.5 Å². The van der Waals surface area contributed by atoms with E-state index in [0.29, 0.717) is 17.2 Å². The van der Waals surface area contributed by atoms with Crippen molar-refractivity contribution in [2.45, 2.75) is 31.8 Å². The molecule has 1 atom stereocenters. The second-order valence-corrected chi connectivity index (χ2v) is 7.88. The number of thiazole rings is 1. The molecule has 0 bridgehead atoms. The van der Waals surface area contributed by atoms with Crippen LogP contribution in [0.4, 0.5) is 0 Å². The number of rotatable bonds is 5. The van der Waals surface area contributed by atoms with E-state index < -0.39 is 6.10 Å². The van der Waals surface area contributed by atoms with Crippen molar-refractivity contribution in [1.29, 1.82) is 0 Å². The second-order valence-electron chi connectivity index (χ2n) is 6.82. The number of imidazole rings is 1. The number of carbonyl (C=O) groups is 1. The van der Waals surface area contributed by atoms with Crippen molar-refractivity contribution in [3.63, 3.8) is 0 Å². The van der Waals surface area contributed by atoms with E-state index in [0.717, 1.165) is 29.1 Å². The molecular formula is C19H17N5O2S. The first kappa shape index (κ1) is 16.3. The molecule has 0 saturated heterocycles. The predicted molar refractivity (Wildman–Crippen MR) is 100 cm³/mol. The maximum atomic E-state index is 11.4. The second kappa shape index (κ2) is 6.11. The highest BCUT2D eigenvalue weighted by atomic mass is 32.1. The SMILES string of the molecule is CC(=O)c1ccc(-n2cc(C(O)c3c(C4CC4)sc4cncn34)nn2)cc1. The van der Waals surface area contributed by atoms with E-state index in [4.69, 9.17) is 0 Å². The first-order valence-corrected chi connectivity index (χ1v) is 9.60. The van der Waals surface area contributed by atoms with Crippen LogP contribution < -0.4 is 0 Å². The van der Waals surface area contributed by atoms with Crippen molar-refractivity contribution < 1.29 is 9.90 Å². The minimum Gasteiger partial charge on any atom is -0.380 e. The average Bonchev–Trinajstić information content (AvgIpc) is 3.08. The molecule has 8 heteroatoms. The summed E-state index contributed by atoms with van der Waals surface area (Å²) in [7, 11) is 0. The van der Waals surface area contributed by atoms with E-state index in [-0.39, 0.29) is 5.78 Å². The average molecular weight is 379 g/mol. The van der Waals surface area contributed by atoms with E-state index in [1.165, 1.54) is 11.8 Å². The smallest absolute Gasteiger partial charge is 0.159 e. The molecule has 1 N–H and O–H groups in total. The van der Waals surface area contributed by atoms with Crippen LogP contribution in [0.5, 0.6) is 0 Å². The Morgan fingerprint density at radius 3 is 2.78 bits per heavy atom. The van der Waals surface area contributed by atoms with Gasteiger partial charge in [-0.05, 0) is 49.9 Å². The minimum atomic E-state index is -0.867. The molecule has 0 spiro atoms. The molecule has 0 radical (unpaired) electrons. The van der Waals surface area contributed by atoms with Gasteiger partial charge >= 0.3 is 0 Å². The molecule has 1 aliphatic carbocycles. The predicted octanol–water partition coefficient (Wildman–Crippen LogP) is 3.14. The van der Waals surface area contributed by atoms with Crippen LogP contribution in [0.1, 0.15) is 58.4 Å². The van der Waals surface area contributed by atoms with Gasteiger partial charge in [0.05, 0.1) is 23.8 Å². The third-order valence-electron chi connectivity index (χ3n) is 4.87. The topological polar surface area (TPSA) is 85.3 Å². The summed E-state index contributed by atoms with van der Waals surface area (Å²) in [6.45, 7) is 1.54. The molecule has 1 fully saturated rings. The number of aliphatic hydroxyl groups excluding tert-OH is 1. The number of Topliss-reactive ketones (excluding diaryl/α,β-unsaturated/α-hetero) is 1. The fourth-order valence-electron chi connectivity index (χ4n) is 3.24. The van der Waals surface area contributed by atoms with Gasteiger partial charge in [-0.25, -0.2) is 9.67 Å². The van der Waals surface area contributed by atoms with Crippen LogP contribution in [0, 0.1) is 0 Å². The number of ketones is 1. The molecule has 3 aromatic heterocycles. The van der Waals surface area contributed by atoms with E-state index in [9.17, 15) is 9.90 Å². The van der Waals surface area contributed by atoms with Gasteiger partial charge in [0.25, 0.3) is 0 Å². The van der Waals surface area contributed by atoms with E-state index in [1.54, 1.807) is 40.7 Å². The molecule has 1 unspecified atom stereocenters. The van der Waals surface area contributed by atoms with Gasteiger partial charge in [0.2, 0.25) is 0 Å². The molecule has 4 aromatic rings. The van der Waals surface area contributed by atoms with Crippen molar-refractivity contribution in [3.05, 3.63) is 64.8 Å². The Bertz CT molecular complexity index is 1140. The number of carbonyl (C=O) groups excluding carboxylic acids is 1. The molecule has 0 amide bonds. The Labute approximate surface area is 158 Å². The van der Waals surface area contributed by atoms with Crippen LogP contribution in [-0.2, 0) is 0 Å². The van der Waals surface area contributed by atoms with Gasteiger partial charge in [-0.3, -0.25) is 9.20 Å². The van der Waals surface area contributed by atoms with Crippen molar-refractivity contribution >= 4 is 22.0 Å². The van der Waals surface area contributed by atoms with E-state index >= 15 is 0 Å². The van der Waals surface area contributed by atoms with Gasteiger partial charge in [-0.2, -0.15) is 0 Å². The van der Waals surface area contributed by atoms with Gasteiger partial charge in [-0.15, -0.1) is 16.4 Å². The summed E-state index contributed by atoms with van der Waals surface area (Å²) in [5.41, 5.74) is 2.76. The first-order valence-electron chi connectivity index (χ1n) is 8.78. The molecule has 7 nitrogen and oxygen atoms in total. The lowest BCUT2D eigenvalue weighted by atomic mass is 10.1. The van der Waals surface area contributed by atoms with Gasteiger partial charge in [0.15, 0.2) is 5.78 Å². The number of aliphatic hydroxyl groups is 1. The zero-order valence-corrected chi connectivity index (χ0v) is 15.4. The van der Waals surface area contributed by atoms with Gasteiger partial charge < -0.3 is 5.11 Å². The Kier molecular flexibility index (Phi) is 3.70. The summed E-state index contributed by atoms with van der Waals surface area (Å²) in [5, 5.41) is 19.4. The minimum absolute atomic E-state index is 0.0191. The number of nitrogens with zero attached hydrogens (tertiary/aromatic N) is 5. The summed E-state index contributed by atoms with van der Waals surface area (Å²) in [6.07, 6.45) is 6.73. The molecule has 27 heavy (non-hydrogen) atoms. The van der Waals surface area contributed by atoms with Crippen molar-refractivity contribution in [2.75, 3.05) is 0 Å². The molecule has 3 heterocycles. The Morgan fingerprint density at radius 1 is 1.30 bits per heavy atom. The summed E-state index contributed by atoms with van der Waals surface area (Å²) in [4.78, 5) is 17.8. The van der Waals surface area contributed by atoms with Gasteiger partial charge in [0, 0.05) is 10.4 Å². The third-order valence-corrected chi connectivity index (χ3v) is 6.14. The Hall–Kier alpha value is -2.84. The van der Waals surface area contributed by atoms with Crippen LogP contribution in [0.2, 0.25) is 0 Å². The molecule has 1 saturated carbocycles. The molecule has 1 aliphatic rings. The molecular weight excluding hydrogens is 362 g/mol. The fourth-order valence-corrected chi connectivity index (χ4v) is 4.54. The van der Waals surface area contributed by atoms with Crippen LogP contribution in [-0.4, -0.2) is 35.3 Å². The first-order chi connectivity index (χ1) is 13.1. The normalized spacial score (nSPS) is 15.3. The Balaban J connectivity index is 1.50. The summed E-state index contributed by atoms with van der Waals surface area (Å²) in [6, 6.07) is 7.15. The highest BCUT2D eigenvalue weighted by molar-refractivity contribution is 7.17. The standard InChI is InChI=1S/C19H17N5O2S/c1-11(25)12-4-6-14(7-5-12)24-9-15(21-22-24)18(26)17-19(13-2-3-13)27-16-8-20-10-23(16)17/h4-10,13,18,26H,2-3H2,1H3. The lowest BCUT2D eigenvalue weighted by molar-refractivity contribution is 0.101. The quantitative estimate of drug-likeness (QED) is 0.539. The van der Waals surface area contributed by atoms with Crippen molar-refractivity contribution in [1.82, 2.24) is 24.4 Å². The van der Waals surface area contributed by atoms with Crippen LogP contribution >= 0.6 is 11.3 Å². The molecule has 1 aromatic carbocycles. The number of benzene rings is 1. The highest BCUT2D eigenvalue weighted by Gasteiger charge is 2.33. The van der Waals surface area contributed by atoms with E-state index in [1.807, 2.05) is 22.7 Å². The zero-order chi connectivity index (χ0) is 18.5. The highest BCUT2D eigenvalue weighted by Crippen LogP contribution is 2.47.